The molecule has 1 atom stereocenters. The highest BCUT2D eigenvalue weighted by atomic mass is 19.1. The van der Waals surface area contributed by atoms with E-state index in [-0.39, 0.29) is 11.9 Å². The van der Waals surface area contributed by atoms with Crippen LogP contribution in [0.5, 0.6) is 0 Å². The average molecular weight is 189 g/mol. The number of carbonyl (C=O) groups excluding carboxylic acids is 1. The van der Waals surface area contributed by atoms with Crippen LogP contribution in [0, 0.1) is 0 Å². The van der Waals surface area contributed by atoms with Gasteiger partial charge in [-0.25, -0.2) is 4.39 Å². The minimum absolute atomic E-state index is 0.141. The number of carbonyl (C=O) groups is 1. The van der Waals surface area contributed by atoms with Crippen LogP contribution in [-0.2, 0) is 4.79 Å². The zero-order valence-corrected chi connectivity index (χ0v) is 8.61. The van der Waals surface area contributed by atoms with E-state index in [0.29, 0.717) is 0 Å². The summed E-state index contributed by atoms with van der Waals surface area (Å²) in [5.41, 5.74) is 0. The molecule has 0 saturated heterocycles. The Labute approximate surface area is 79.9 Å². The van der Waals surface area contributed by atoms with E-state index < -0.39 is 6.67 Å². The molecule has 0 aliphatic heterocycles. The second kappa shape index (κ2) is 8.02. The zero-order chi connectivity index (χ0) is 10.1. The van der Waals surface area contributed by atoms with Gasteiger partial charge in [-0.05, 0) is 6.42 Å². The van der Waals surface area contributed by atoms with Crippen molar-refractivity contribution < 1.29 is 9.18 Å². The van der Waals surface area contributed by atoms with E-state index in [9.17, 15) is 9.18 Å². The summed E-state index contributed by atoms with van der Waals surface area (Å²) in [6.07, 6.45) is 5.27. The fourth-order valence-corrected chi connectivity index (χ4v) is 1.29. The lowest BCUT2D eigenvalue weighted by Gasteiger charge is -2.13. The van der Waals surface area contributed by atoms with Gasteiger partial charge in [0.05, 0.1) is 6.04 Å². The highest BCUT2D eigenvalue weighted by molar-refractivity contribution is 5.73. The van der Waals surface area contributed by atoms with Gasteiger partial charge in [-0.15, -0.1) is 0 Å². The van der Waals surface area contributed by atoms with Gasteiger partial charge in [-0.2, -0.15) is 0 Å². The molecule has 0 saturated carbocycles. The summed E-state index contributed by atoms with van der Waals surface area (Å²) >= 11 is 0. The first-order valence-corrected chi connectivity index (χ1v) is 5.03. The molecule has 78 valence electrons. The highest BCUT2D eigenvalue weighted by Gasteiger charge is 2.08. The minimum atomic E-state index is -0.453. The van der Waals surface area contributed by atoms with Crippen molar-refractivity contribution in [2.75, 3.05) is 6.67 Å². The molecule has 3 heteroatoms. The lowest BCUT2D eigenvalue weighted by Crippen LogP contribution is -2.34. The predicted molar refractivity (Wildman–Crippen MR) is 52.3 cm³/mol. The van der Waals surface area contributed by atoms with Gasteiger partial charge in [-0.1, -0.05) is 32.6 Å². The molecule has 0 aromatic heterocycles. The first-order chi connectivity index (χ1) is 6.20. The van der Waals surface area contributed by atoms with Gasteiger partial charge in [0.15, 0.2) is 0 Å². The number of rotatable bonds is 7. The van der Waals surface area contributed by atoms with E-state index in [4.69, 9.17) is 0 Å². The number of halogens is 1. The Bertz CT molecular complexity index is 139. The summed E-state index contributed by atoms with van der Waals surface area (Å²) in [6, 6.07) is -0.269. The summed E-state index contributed by atoms with van der Waals surface area (Å²) < 4.78 is 12.3. The third kappa shape index (κ3) is 7.75. The summed E-state index contributed by atoms with van der Waals surface area (Å²) in [7, 11) is 0. The molecule has 0 rings (SSSR count). The first kappa shape index (κ1) is 12.4. The van der Waals surface area contributed by atoms with Crippen molar-refractivity contribution in [1.29, 1.82) is 0 Å². The van der Waals surface area contributed by atoms with Gasteiger partial charge in [-0.3, -0.25) is 4.79 Å². The molecule has 0 aliphatic rings. The van der Waals surface area contributed by atoms with Crippen LogP contribution in [0.25, 0.3) is 0 Å². The molecule has 0 aromatic carbocycles. The van der Waals surface area contributed by atoms with Crippen LogP contribution in [0.4, 0.5) is 4.39 Å². The van der Waals surface area contributed by atoms with E-state index in [0.717, 1.165) is 19.3 Å². The molecule has 0 spiro atoms. The van der Waals surface area contributed by atoms with Crippen molar-refractivity contribution in [2.45, 2.75) is 52.0 Å². The van der Waals surface area contributed by atoms with Crippen LogP contribution in [0.2, 0.25) is 0 Å². The fraction of sp³-hybridized carbons (Fsp3) is 0.900. The zero-order valence-electron chi connectivity index (χ0n) is 8.61. The van der Waals surface area contributed by atoms with Gasteiger partial charge < -0.3 is 5.32 Å². The number of nitrogens with one attached hydrogen (secondary N) is 1. The summed E-state index contributed by atoms with van der Waals surface area (Å²) in [5.74, 6) is -0.141. The van der Waals surface area contributed by atoms with Crippen molar-refractivity contribution in [3.63, 3.8) is 0 Å². The Balaban J connectivity index is 3.42. The van der Waals surface area contributed by atoms with Crippen molar-refractivity contribution in [3.05, 3.63) is 0 Å². The molecule has 13 heavy (non-hydrogen) atoms. The number of hydrogen-bond acceptors (Lipinski definition) is 1. The number of alkyl halides is 1. The Kier molecular flexibility index (Phi) is 7.65. The quantitative estimate of drug-likeness (QED) is 0.612. The third-order valence-electron chi connectivity index (χ3n) is 2.00. The van der Waals surface area contributed by atoms with Crippen molar-refractivity contribution in [3.8, 4) is 0 Å². The van der Waals surface area contributed by atoms with Crippen LogP contribution in [0.1, 0.15) is 46.0 Å². The number of amides is 1. The van der Waals surface area contributed by atoms with E-state index in [1.54, 1.807) is 0 Å². The molecule has 1 amide bonds. The molecular weight excluding hydrogens is 169 g/mol. The van der Waals surface area contributed by atoms with Gasteiger partial charge in [0, 0.05) is 6.92 Å². The molecule has 0 radical (unpaired) electrons. The van der Waals surface area contributed by atoms with Crippen LogP contribution >= 0.6 is 0 Å². The predicted octanol–water partition coefficient (Wildman–Crippen LogP) is 2.43. The van der Waals surface area contributed by atoms with Gasteiger partial charge in [0.1, 0.15) is 6.67 Å². The second-order valence-corrected chi connectivity index (χ2v) is 3.40. The van der Waals surface area contributed by atoms with E-state index in [1.807, 2.05) is 0 Å². The largest absolute Gasteiger partial charge is 0.351 e. The van der Waals surface area contributed by atoms with Gasteiger partial charge in [0.25, 0.3) is 0 Å². The monoisotopic (exact) mass is 189 g/mol. The normalized spacial score (nSPS) is 12.5. The molecule has 0 heterocycles. The van der Waals surface area contributed by atoms with Crippen LogP contribution in [0.15, 0.2) is 0 Å². The molecule has 0 aromatic rings. The number of hydrogen-bond donors (Lipinski definition) is 1. The number of unbranched alkanes of at least 4 members (excludes halogenated alkanes) is 3. The van der Waals surface area contributed by atoms with E-state index >= 15 is 0 Å². The topological polar surface area (TPSA) is 29.1 Å². The molecule has 0 bridgehead atoms. The van der Waals surface area contributed by atoms with E-state index in [2.05, 4.69) is 12.2 Å². The smallest absolute Gasteiger partial charge is 0.217 e. The summed E-state index contributed by atoms with van der Waals surface area (Å²) in [6.45, 7) is 3.11. The molecule has 0 unspecified atom stereocenters. The summed E-state index contributed by atoms with van der Waals surface area (Å²) in [4.78, 5) is 10.6. The van der Waals surface area contributed by atoms with E-state index in [1.165, 1.54) is 19.8 Å². The van der Waals surface area contributed by atoms with Crippen LogP contribution < -0.4 is 5.32 Å². The minimum Gasteiger partial charge on any atom is -0.351 e. The lowest BCUT2D eigenvalue weighted by molar-refractivity contribution is -0.119. The molecule has 0 fully saturated rings. The Hall–Kier alpha value is -0.600. The van der Waals surface area contributed by atoms with Crippen molar-refractivity contribution in [1.82, 2.24) is 5.32 Å². The Morgan fingerprint density at radius 3 is 2.54 bits per heavy atom. The molecule has 1 N–H and O–H groups in total. The Morgan fingerprint density at radius 2 is 2.08 bits per heavy atom. The second-order valence-electron chi connectivity index (χ2n) is 3.40. The summed E-state index contributed by atoms with van der Waals surface area (Å²) in [5, 5.41) is 2.59. The van der Waals surface area contributed by atoms with Crippen molar-refractivity contribution in [2.24, 2.45) is 0 Å². The average Bonchev–Trinajstić information content (AvgIpc) is 2.09. The first-order valence-electron chi connectivity index (χ1n) is 5.03. The maximum atomic E-state index is 12.3. The van der Waals surface area contributed by atoms with Crippen LogP contribution in [0.3, 0.4) is 0 Å². The standard InChI is InChI=1S/C10H20FNO/c1-3-4-5-6-7-10(8-11)12-9(2)13/h10H,3-8H2,1-2H3,(H,12,13)/t10-/m1/s1. The maximum Gasteiger partial charge on any atom is 0.217 e. The molecule has 2 nitrogen and oxygen atoms in total. The Morgan fingerprint density at radius 1 is 1.38 bits per heavy atom. The van der Waals surface area contributed by atoms with Gasteiger partial charge >= 0.3 is 0 Å². The SMILES string of the molecule is CCCCCC[C@H](CF)NC(C)=O. The maximum absolute atomic E-state index is 12.3. The molecular formula is C10H20FNO. The fourth-order valence-electron chi connectivity index (χ4n) is 1.29. The third-order valence-corrected chi connectivity index (χ3v) is 2.00. The van der Waals surface area contributed by atoms with Crippen molar-refractivity contribution >= 4 is 5.91 Å². The lowest BCUT2D eigenvalue weighted by atomic mass is 10.1. The highest BCUT2D eigenvalue weighted by Crippen LogP contribution is 2.05. The van der Waals surface area contributed by atoms with Crippen LogP contribution in [-0.4, -0.2) is 18.6 Å². The molecule has 0 aliphatic carbocycles. The van der Waals surface area contributed by atoms with Gasteiger partial charge in [0.2, 0.25) is 5.91 Å².